The predicted octanol–water partition coefficient (Wildman–Crippen LogP) is 3.79. The van der Waals surface area contributed by atoms with Crippen LogP contribution in [0.3, 0.4) is 0 Å². The molecule has 0 saturated heterocycles. The molecular formula is C15H23Cl3N2O. The van der Waals surface area contributed by atoms with Crippen LogP contribution in [-0.2, 0) is 11.2 Å². The van der Waals surface area contributed by atoms with Crippen molar-refractivity contribution in [2.45, 2.75) is 26.7 Å². The van der Waals surface area contributed by atoms with E-state index >= 15 is 0 Å². The highest BCUT2D eigenvalue weighted by molar-refractivity contribution is 6.35. The maximum absolute atomic E-state index is 12.1. The molecule has 1 aromatic rings. The molecule has 0 aromatic heterocycles. The van der Waals surface area contributed by atoms with Gasteiger partial charge in [0.05, 0.1) is 0 Å². The van der Waals surface area contributed by atoms with Crippen LogP contribution in [0.5, 0.6) is 0 Å². The highest BCUT2D eigenvalue weighted by Crippen LogP contribution is 2.22. The number of hydrogen-bond acceptors (Lipinski definition) is 2. The van der Waals surface area contributed by atoms with Crippen molar-refractivity contribution in [1.82, 2.24) is 4.90 Å². The minimum absolute atomic E-state index is 0. The van der Waals surface area contributed by atoms with Crippen molar-refractivity contribution >= 4 is 41.5 Å². The van der Waals surface area contributed by atoms with Gasteiger partial charge in [-0.3, -0.25) is 4.79 Å². The van der Waals surface area contributed by atoms with E-state index in [1.165, 1.54) is 0 Å². The topological polar surface area (TPSA) is 46.3 Å². The smallest absolute Gasteiger partial charge is 0.222 e. The first-order valence-electron chi connectivity index (χ1n) is 6.63. The molecule has 0 radical (unpaired) electrons. The fourth-order valence-corrected chi connectivity index (χ4v) is 2.45. The Bertz CT molecular complexity index is 478. The van der Waals surface area contributed by atoms with Crippen LogP contribution in [-0.4, -0.2) is 30.9 Å². The average molecular weight is 354 g/mol. The highest BCUT2D eigenvalue weighted by atomic mass is 35.5. The van der Waals surface area contributed by atoms with E-state index in [-0.39, 0.29) is 23.7 Å². The molecule has 0 heterocycles. The summed E-state index contributed by atoms with van der Waals surface area (Å²) in [6, 6.07) is 5.35. The number of nitrogens with two attached hydrogens (primary N) is 1. The quantitative estimate of drug-likeness (QED) is 0.845. The van der Waals surface area contributed by atoms with Crippen molar-refractivity contribution in [2.24, 2.45) is 11.1 Å². The number of carbonyl (C=O) groups excluding carboxylic acids is 1. The van der Waals surface area contributed by atoms with E-state index < -0.39 is 0 Å². The van der Waals surface area contributed by atoms with E-state index in [2.05, 4.69) is 0 Å². The number of halogens is 3. The van der Waals surface area contributed by atoms with Gasteiger partial charge in [-0.05, 0) is 36.1 Å². The molecule has 6 heteroatoms. The zero-order chi connectivity index (χ0) is 15.3. The van der Waals surface area contributed by atoms with Crippen molar-refractivity contribution in [1.29, 1.82) is 0 Å². The minimum Gasteiger partial charge on any atom is -0.345 e. The summed E-state index contributed by atoms with van der Waals surface area (Å²) in [4.78, 5) is 13.8. The molecule has 0 aliphatic heterocycles. The molecule has 2 N–H and O–H groups in total. The molecule has 1 amide bonds. The van der Waals surface area contributed by atoms with Crippen LogP contribution in [0.1, 0.15) is 25.8 Å². The van der Waals surface area contributed by atoms with Crippen molar-refractivity contribution in [2.75, 3.05) is 20.1 Å². The summed E-state index contributed by atoms with van der Waals surface area (Å²) in [5.74, 6) is 0.0949. The summed E-state index contributed by atoms with van der Waals surface area (Å²) in [6.45, 7) is 5.30. The molecule has 0 spiro atoms. The van der Waals surface area contributed by atoms with Gasteiger partial charge in [-0.1, -0.05) is 43.1 Å². The van der Waals surface area contributed by atoms with Gasteiger partial charge in [0.2, 0.25) is 5.91 Å². The molecule has 0 fully saturated rings. The summed E-state index contributed by atoms with van der Waals surface area (Å²) >= 11 is 11.9. The van der Waals surface area contributed by atoms with Crippen molar-refractivity contribution in [3.63, 3.8) is 0 Å². The van der Waals surface area contributed by atoms with E-state index in [9.17, 15) is 4.79 Å². The number of amides is 1. The summed E-state index contributed by atoms with van der Waals surface area (Å²) in [7, 11) is 1.81. The Morgan fingerprint density at radius 1 is 1.33 bits per heavy atom. The van der Waals surface area contributed by atoms with Gasteiger partial charge >= 0.3 is 0 Å². The molecule has 3 nitrogen and oxygen atoms in total. The maximum atomic E-state index is 12.1. The number of nitrogens with zero attached hydrogens (tertiary/aromatic N) is 1. The molecule has 120 valence electrons. The van der Waals surface area contributed by atoms with Gasteiger partial charge in [-0.25, -0.2) is 0 Å². The molecule has 1 rings (SSSR count). The number of hydrogen-bond donors (Lipinski definition) is 1. The van der Waals surface area contributed by atoms with Gasteiger partial charge in [0.25, 0.3) is 0 Å². The van der Waals surface area contributed by atoms with Crippen LogP contribution >= 0.6 is 35.6 Å². The van der Waals surface area contributed by atoms with E-state index in [4.69, 9.17) is 28.9 Å². The molecule has 1 aromatic carbocycles. The van der Waals surface area contributed by atoms with Gasteiger partial charge in [0, 0.05) is 30.1 Å². The standard InChI is InChI=1S/C15H22Cl2N2O.ClH/c1-15(2,9-18)10-19(3)14(20)7-5-11-4-6-12(16)8-13(11)17;/h4,6,8H,5,7,9-10,18H2,1-3H3;1H. The Labute approximate surface area is 143 Å². The third kappa shape index (κ3) is 6.88. The largest absolute Gasteiger partial charge is 0.345 e. The minimum atomic E-state index is -0.0671. The molecule has 0 atom stereocenters. The number of benzene rings is 1. The lowest BCUT2D eigenvalue weighted by Crippen LogP contribution is -2.39. The fraction of sp³-hybridized carbons (Fsp3) is 0.533. The lowest BCUT2D eigenvalue weighted by molar-refractivity contribution is -0.131. The van der Waals surface area contributed by atoms with Crippen molar-refractivity contribution < 1.29 is 4.79 Å². The first-order chi connectivity index (χ1) is 9.25. The van der Waals surface area contributed by atoms with E-state index in [1.807, 2.05) is 27.0 Å². The molecule has 0 aliphatic carbocycles. The lowest BCUT2D eigenvalue weighted by Gasteiger charge is -2.29. The second kappa shape index (κ2) is 8.84. The van der Waals surface area contributed by atoms with Gasteiger partial charge in [-0.15, -0.1) is 12.4 Å². The Balaban J connectivity index is 0.00000400. The second-order valence-corrected chi connectivity index (χ2v) is 6.70. The Morgan fingerprint density at radius 3 is 2.48 bits per heavy atom. The number of rotatable bonds is 6. The average Bonchev–Trinajstić information content (AvgIpc) is 2.36. The Kier molecular flexibility index (Phi) is 8.64. The van der Waals surface area contributed by atoms with Gasteiger partial charge in [0.15, 0.2) is 0 Å². The number of aryl methyl sites for hydroxylation is 1. The molecule has 21 heavy (non-hydrogen) atoms. The molecule has 0 saturated carbocycles. The summed E-state index contributed by atoms with van der Waals surface area (Å²) in [5.41, 5.74) is 6.56. The maximum Gasteiger partial charge on any atom is 0.222 e. The van der Waals surface area contributed by atoms with Crippen LogP contribution in [0.25, 0.3) is 0 Å². The van der Waals surface area contributed by atoms with Crippen molar-refractivity contribution in [3.8, 4) is 0 Å². The zero-order valence-corrected chi connectivity index (χ0v) is 15.0. The fourth-order valence-electron chi connectivity index (χ4n) is 1.95. The number of carbonyl (C=O) groups is 1. The molecule has 0 bridgehead atoms. The van der Waals surface area contributed by atoms with Gasteiger partial charge in [-0.2, -0.15) is 0 Å². The van der Waals surface area contributed by atoms with E-state index in [0.29, 0.717) is 36.0 Å². The third-order valence-corrected chi connectivity index (χ3v) is 3.85. The lowest BCUT2D eigenvalue weighted by atomic mass is 9.93. The monoisotopic (exact) mass is 352 g/mol. The summed E-state index contributed by atoms with van der Waals surface area (Å²) < 4.78 is 0. The third-order valence-electron chi connectivity index (χ3n) is 3.27. The molecular weight excluding hydrogens is 331 g/mol. The van der Waals surface area contributed by atoms with Crippen LogP contribution in [0, 0.1) is 5.41 Å². The van der Waals surface area contributed by atoms with Crippen molar-refractivity contribution in [3.05, 3.63) is 33.8 Å². The normalized spacial score (nSPS) is 11.0. The van der Waals surface area contributed by atoms with Crippen LogP contribution in [0.15, 0.2) is 18.2 Å². The zero-order valence-electron chi connectivity index (χ0n) is 12.7. The Hall–Kier alpha value is -0.480. The van der Waals surface area contributed by atoms with Crippen LogP contribution < -0.4 is 5.73 Å². The molecule has 0 aliphatic rings. The van der Waals surface area contributed by atoms with Gasteiger partial charge in [0.1, 0.15) is 0 Å². The van der Waals surface area contributed by atoms with E-state index in [1.54, 1.807) is 17.0 Å². The summed E-state index contributed by atoms with van der Waals surface area (Å²) in [6.07, 6.45) is 1.04. The van der Waals surface area contributed by atoms with Crippen LogP contribution in [0.2, 0.25) is 10.0 Å². The first-order valence-corrected chi connectivity index (χ1v) is 7.39. The first kappa shape index (κ1) is 20.5. The highest BCUT2D eigenvalue weighted by Gasteiger charge is 2.21. The molecule has 0 unspecified atom stereocenters. The predicted molar refractivity (Wildman–Crippen MR) is 92.5 cm³/mol. The van der Waals surface area contributed by atoms with E-state index in [0.717, 1.165) is 5.56 Å². The Morgan fingerprint density at radius 2 is 1.95 bits per heavy atom. The second-order valence-electron chi connectivity index (χ2n) is 5.85. The van der Waals surface area contributed by atoms with Crippen LogP contribution in [0.4, 0.5) is 0 Å². The summed E-state index contributed by atoms with van der Waals surface area (Å²) in [5, 5.41) is 1.21. The van der Waals surface area contributed by atoms with Gasteiger partial charge < -0.3 is 10.6 Å². The SMILES string of the molecule is CN(CC(C)(C)CN)C(=O)CCc1ccc(Cl)cc1Cl.Cl.